The van der Waals surface area contributed by atoms with Gasteiger partial charge in [0.1, 0.15) is 5.75 Å². The summed E-state index contributed by atoms with van der Waals surface area (Å²) in [7, 11) is -3.52. The first-order valence-electron chi connectivity index (χ1n) is 7.91. The van der Waals surface area contributed by atoms with E-state index in [1.165, 1.54) is 4.90 Å². The number of nitrogens with zero attached hydrogens (tertiary/aromatic N) is 1. The number of rotatable bonds is 6. The number of amides is 1. The first kappa shape index (κ1) is 18.2. The third kappa shape index (κ3) is 4.93. The van der Waals surface area contributed by atoms with Gasteiger partial charge in [-0.3, -0.25) is 4.79 Å². The molecule has 0 saturated heterocycles. The largest absolute Gasteiger partial charge is 0.309 e. The molecule has 0 aliphatic rings. The van der Waals surface area contributed by atoms with Crippen LogP contribution in [0.2, 0.25) is 0 Å². The van der Waals surface area contributed by atoms with Gasteiger partial charge in [0, 0.05) is 11.7 Å². The Morgan fingerprint density at radius 1 is 1.00 bits per heavy atom. The molecule has 1 amide bonds. The number of hydrogen-bond donors (Lipinski definition) is 0. The van der Waals surface area contributed by atoms with Gasteiger partial charge in [-0.25, -0.2) is 8.42 Å². The van der Waals surface area contributed by atoms with Gasteiger partial charge >= 0.3 is 0 Å². The Balaban J connectivity index is 2.15. The SMILES string of the molecule is Cc1ccc(CS(=O)(=O)CC(=O)N(c2ccccc2)C(C)C)cc1. The number of anilines is 1. The fourth-order valence-corrected chi connectivity index (χ4v) is 3.88. The fraction of sp³-hybridized carbons (Fsp3) is 0.316. The van der Waals surface area contributed by atoms with Gasteiger partial charge in [0.15, 0.2) is 9.84 Å². The summed E-state index contributed by atoms with van der Waals surface area (Å²) >= 11 is 0. The molecule has 0 atom stereocenters. The van der Waals surface area contributed by atoms with Crippen molar-refractivity contribution < 1.29 is 13.2 Å². The van der Waals surface area contributed by atoms with Crippen LogP contribution in [0.25, 0.3) is 0 Å². The first-order valence-corrected chi connectivity index (χ1v) is 9.74. The maximum atomic E-state index is 12.6. The molecular weight excluding hydrogens is 322 g/mol. The zero-order valence-corrected chi connectivity index (χ0v) is 15.1. The van der Waals surface area contributed by atoms with E-state index in [1.54, 1.807) is 12.1 Å². The standard InChI is InChI=1S/C19H23NO3S/c1-15(2)20(18-7-5-4-6-8-18)19(21)14-24(22,23)13-17-11-9-16(3)10-12-17/h4-12,15H,13-14H2,1-3H3. The molecule has 24 heavy (non-hydrogen) atoms. The second-order valence-electron chi connectivity index (χ2n) is 6.21. The summed E-state index contributed by atoms with van der Waals surface area (Å²) < 4.78 is 24.8. The van der Waals surface area contributed by atoms with E-state index in [1.807, 2.05) is 63.2 Å². The lowest BCUT2D eigenvalue weighted by atomic mass is 10.2. The van der Waals surface area contributed by atoms with E-state index in [0.717, 1.165) is 5.56 Å². The topological polar surface area (TPSA) is 54.5 Å². The molecule has 0 unspecified atom stereocenters. The van der Waals surface area contributed by atoms with E-state index >= 15 is 0 Å². The van der Waals surface area contributed by atoms with Crippen molar-refractivity contribution in [3.8, 4) is 0 Å². The molecule has 0 spiro atoms. The highest BCUT2D eigenvalue weighted by atomic mass is 32.2. The zero-order chi connectivity index (χ0) is 17.7. The van der Waals surface area contributed by atoms with E-state index in [9.17, 15) is 13.2 Å². The molecule has 4 nitrogen and oxygen atoms in total. The predicted molar refractivity (Wildman–Crippen MR) is 97.7 cm³/mol. The molecule has 2 aromatic rings. The van der Waals surface area contributed by atoms with Crippen molar-refractivity contribution in [1.29, 1.82) is 0 Å². The van der Waals surface area contributed by atoms with E-state index in [4.69, 9.17) is 0 Å². The number of carbonyl (C=O) groups excluding carboxylic acids is 1. The molecule has 2 rings (SSSR count). The van der Waals surface area contributed by atoms with Crippen LogP contribution >= 0.6 is 0 Å². The van der Waals surface area contributed by atoms with Crippen molar-refractivity contribution in [2.45, 2.75) is 32.6 Å². The Morgan fingerprint density at radius 3 is 2.12 bits per heavy atom. The summed E-state index contributed by atoms with van der Waals surface area (Å²) in [4.78, 5) is 14.1. The molecule has 0 saturated carbocycles. The van der Waals surface area contributed by atoms with Crippen LogP contribution in [-0.4, -0.2) is 26.1 Å². The average molecular weight is 345 g/mol. The number of para-hydroxylation sites is 1. The summed E-state index contributed by atoms with van der Waals surface area (Å²) in [6.45, 7) is 5.69. The van der Waals surface area contributed by atoms with E-state index in [-0.39, 0.29) is 11.8 Å². The minimum absolute atomic E-state index is 0.116. The maximum Gasteiger partial charge on any atom is 0.242 e. The van der Waals surface area contributed by atoms with Crippen LogP contribution in [0.1, 0.15) is 25.0 Å². The number of hydrogen-bond acceptors (Lipinski definition) is 3. The fourth-order valence-electron chi connectivity index (χ4n) is 2.57. The molecule has 2 aromatic carbocycles. The van der Waals surface area contributed by atoms with Crippen molar-refractivity contribution in [3.63, 3.8) is 0 Å². The number of benzene rings is 2. The third-order valence-electron chi connectivity index (χ3n) is 3.67. The lowest BCUT2D eigenvalue weighted by Gasteiger charge is -2.26. The summed E-state index contributed by atoms with van der Waals surface area (Å²) in [5, 5.41) is 0. The Bertz CT molecular complexity index is 781. The Hall–Kier alpha value is -2.14. The number of aryl methyl sites for hydroxylation is 1. The maximum absolute atomic E-state index is 12.6. The molecule has 0 bridgehead atoms. The molecule has 0 N–H and O–H groups in total. The minimum atomic E-state index is -3.52. The normalized spacial score (nSPS) is 11.5. The monoisotopic (exact) mass is 345 g/mol. The smallest absolute Gasteiger partial charge is 0.242 e. The summed E-state index contributed by atoms with van der Waals surface area (Å²) in [6.07, 6.45) is 0. The van der Waals surface area contributed by atoms with Crippen LogP contribution in [0.5, 0.6) is 0 Å². The van der Waals surface area contributed by atoms with Crippen molar-refractivity contribution in [2.24, 2.45) is 0 Å². The van der Waals surface area contributed by atoms with E-state index in [0.29, 0.717) is 11.3 Å². The Morgan fingerprint density at radius 2 is 1.58 bits per heavy atom. The molecule has 5 heteroatoms. The predicted octanol–water partition coefficient (Wildman–Crippen LogP) is 3.35. The number of sulfone groups is 1. The van der Waals surface area contributed by atoms with Gasteiger partial charge in [-0.1, -0.05) is 48.0 Å². The highest BCUT2D eigenvalue weighted by Crippen LogP contribution is 2.18. The molecule has 0 aliphatic heterocycles. The summed E-state index contributed by atoms with van der Waals surface area (Å²) in [6, 6.07) is 16.3. The van der Waals surface area contributed by atoms with Crippen molar-refractivity contribution >= 4 is 21.4 Å². The van der Waals surface area contributed by atoms with Gasteiger partial charge in [0.25, 0.3) is 0 Å². The molecule has 128 valence electrons. The average Bonchev–Trinajstić information content (AvgIpc) is 2.49. The lowest BCUT2D eigenvalue weighted by molar-refractivity contribution is -0.116. The summed E-state index contributed by atoms with van der Waals surface area (Å²) in [5.74, 6) is -1.02. The molecule has 0 heterocycles. The molecule has 0 aromatic heterocycles. The van der Waals surface area contributed by atoms with Crippen LogP contribution in [0.4, 0.5) is 5.69 Å². The molecule has 0 fully saturated rings. The van der Waals surface area contributed by atoms with Gasteiger partial charge in [0.2, 0.25) is 5.91 Å². The highest BCUT2D eigenvalue weighted by Gasteiger charge is 2.25. The van der Waals surface area contributed by atoms with Crippen molar-refractivity contribution in [3.05, 3.63) is 65.7 Å². The first-order chi connectivity index (χ1) is 11.3. The molecule has 0 aliphatic carbocycles. The molecular formula is C19H23NO3S. The van der Waals surface area contributed by atoms with Gasteiger partial charge < -0.3 is 4.90 Å². The second-order valence-corrected chi connectivity index (χ2v) is 8.28. The van der Waals surface area contributed by atoms with Crippen LogP contribution in [-0.2, 0) is 20.4 Å². The van der Waals surface area contributed by atoms with Gasteiger partial charge in [-0.15, -0.1) is 0 Å². The lowest BCUT2D eigenvalue weighted by Crippen LogP contribution is -2.40. The number of carbonyl (C=O) groups is 1. The van der Waals surface area contributed by atoms with Crippen molar-refractivity contribution in [1.82, 2.24) is 0 Å². The quantitative estimate of drug-likeness (QED) is 0.807. The van der Waals surface area contributed by atoms with Crippen molar-refractivity contribution in [2.75, 3.05) is 10.7 Å². The second kappa shape index (κ2) is 7.62. The van der Waals surface area contributed by atoms with E-state index in [2.05, 4.69) is 0 Å². The molecule has 0 radical (unpaired) electrons. The van der Waals surface area contributed by atoms with Gasteiger partial charge in [-0.2, -0.15) is 0 Å². The highest BCUT2D eigenvalue weighted by molar-refractivity contribution is 7.91. The van der Waals surface area contributed by atoms with E-state index < -0.39 is 21.5 Å². The van der Waals surface area contributed by atoms with Gasteiger partial charge in [0.05, 0.1) is 5.75 Å². The third-order valence-corrected chi connectivity index (χ3v) is 5.13. The van der Waals surface area contributed by atoms with Crippen LogP contribution in [0.3, 0.4) is 0 Å². The van der Waals surface area contributed by atoms with Gasteiger partial charge in [-0.05, 0) is 38.5 Å². The summed E-state index contributed by atoms with van der Waals surface area (Å²) in [5.41, 5.74) is 2.48. The minimum Gasteiger partial charge on any atom is -0.309 e. The Labute approximate surface area is 144 Å². The Kier molecular flexibility index (Phi) is 5.78. The van der Waals surface area contributed by atoms with Crippen LogP contribution < -0.4 is 4.90 Å². The van der Waals surface area contributed by atoms with Crippen LogP contribution in [0, 0.1) is 6.92 Å². The van der Waals surface area contributed by atoms with Crippen LogP contribution in [0.15, 0.2) is 54.6 Å². The zero-order valence-electron chi connectivity index (χ0n) is 14.3.